The summed E-state index contributed by atoms with van der Waals surface area (Å²) in [5.74, 6) is -0.454. The molecule has 0 saturated carbocycles. The summed E-state index contributed by atoms with van der Waals surface area (Å²) in [6.45, 7) is -0.201. The second kappa shape index (κ2) is 9.96. The lowest BCUT2D eigenvalue weighted by molar-refractivity contribution is -0.143. The van der Waals surface area contributed by atoms with Gasteiger partial charge in [0.2, 0.25) is 0 Å². The Kier molecular flexibility index (Phi) is 7.37. The molecule has 2 rings (SSSR count). The van der Waals surface area contributed by atoms with Gasteiger partial charge >= 0.3 is 5.97 Å². The quantitative estimate of drug-likeness (QED) is 0.569. The van der Waals surface area contributed by atoms with Gasteiger partial charge in [0.15, 0.2) is 18.1 Å². The van der Waals surface area contributed by atoms with Crippen LogP contribution in [0.5, 0.6) is 11.5 Å². The first-order valence-corrected chi connectivity index (χ1v) is 8.10. The zero-order chi connectivity index (χ0) is 19.6. The Morgan fingerprint density at radius 2 is 1.81 bits per heavy atom. The molecule has 0 aliphatic rings. The SMILES string of the molecule is COc1cccc(/C=C/C(=O)OCC(=O)NCc2ccc(F)cc2)c1OC. The molecular formula is C20H20FNO5. The molecule has 0 bridgehead atoms. The highest BCUT2D eigenvalue weighted by atomic mass is 19.1. The highest BCUT2D eigenvalue weighted by molar-refractivity contribution is 5.89. The number of halogens is 1. The molecule has 0 aliphatic heterocycles. The topological polar surface area (TPSA) is 73.9 Å². The van der Waals surface area contributed by atoms with E-state index in [0.717, 1.165) is 5.56 Å². The first-order valence-electron chi connectivity index (χ1n) is 8.10. The fourth-order valence-electron chi connectivity index (χ4n) is 2.24. The van der Waals surface area contributed by atoms with E-state index in [1.54, 1.807) is 30.3 Å². The summed E-state index contributed by atoms with van der Waals surface area (Å²) >= 11 is 0. The van der Waals surface area contributed by atoms with E-state index >= 15 is 0 Å². The molecule has 0 radical (unpaired) electrons. The summed E-state index contributed by atoms with van der Waals surface area (Å²) in [6, 6.07) is 11.0. The van der Waals surface area contributed by atoms with Gasteiger partial charge < -0.3 is 19.5 Å². The van der Waals surface area contributed by atoms with E-state index in [2.05, 4.69) is 5.32 Å². The molecule has 6 nitrogen and oxygen atoms in total. The van der Waals surface area contributed by atoms with Crippen LogP contribution < -0.4 is 14.8 Å². The summed E-state index contributed by atoms with van der Waals surface area (Å²) in [6.07, 6.45) is 2.71. The van der Waals surface area contributed by atoms with Crippen molar-refractivity contribution in [3.05, 3.63) is 65.5 Å². The van der Waals surface area contributed by atoms with Gasteiger partial charge in [0, 0.05) is 18.2 Å². The first-order chi connectivity index (χ1) is 13.0. The molecule has 142 valence electrons. The highest BCUT2D eigenvalue weighted by Gasteiger charge is 2.08. The van der Waals surface area contributed by atoms with Crippen LogP contribution in [-0.2, 0) is 20.9 Å². The molecule has 2 aromatic rings. The molecule has 2 aromatic carbocycles. The standard InChI is InChI=1S/C20H20FNO5/c1-25-17-5-3-4-15(20(17)26-2)8-11-19(24)27-13-18(23)22-12-14-6-9-16(21)10-7-14/h3-11H,12-13H2,1-2H3,(H,22,23)/b11-8+. The number of hydrogen-bond acceptors (Lipinski definition) is 5. The number of nitrogens with one attached hydrogen (secondary N) is 1. The number of methoxy groups -OCH3 is 2. The van der Waals surface area contributed by atoms with Gasteiger partial charge in [0.05, 0.1) is 14.2 Å². The van der Waals surface area contributed by atoms with E-state index in [4.69, 9.17) is 14.2 Å². The Labute approximate surface area is 156 Å². The minimum Gasteiger partial charge on any atom is -0.493 e. The van der Waals surface area contributed by atoms with Crippen molar-refractivity contribution in [3.8, 4) is 11.5 Å². The summed E-state index contributed by atoms with van der Waals surface area (Å²) in [4.78, 5) is 23.5. The van der Waals surface area contributed by atoms with Gasteiger partial charge in [-0.15, -0.1) is 0 Å². The molecule has 27 heavy (non-hydrogen) atoms. The average molecular weight is 373 g/mol. The fourth-order valence-corrected chi connectivity index (χ4v) is 2.24. The van der Waals surface area contributed by atoms with Crippen LogP contribution in [0.25, 0.3) is 6.08 Å². The van der Waals surface area contributed by atoms with Crippen LogP contribution in [0.2, 0.25) is 0 Å². The van der Waals surface area contributed by atoms with Gasteiger partial charge in [-0.05, 0) is 29.8 Å². The van der Waals surface area contributed by atoms with Crippen LogP contribution >= 0.6 is 0 Å². The minimum atomic E-state index is -0.670. The van der Waals surface area contributed by atoms with Crippen LogP contribution in [0.4, 0.5) is 4.39 Å². The normalized spacial score (nSPS) is 10.5. The Hall–Kier alpha value is -3.35. The van der Waals surface area contributed by atoms with Gasteiger partial charge in [-0.3, -0.25) is 4.79 Å². The van der Waals surface area contributed by atoms with Crippen LogP contribution in [0.1, 0.15) is 11.1 Å². The summed E-state index contributed by atoms with van der Waals surface area (Å²) in [7, 11) is 3.02. The second-order valence-electron chi connectivity index (χ2n) is 5.43. The molecule has 0 unspecified atom stereocenters. The third kappa shape index (κ3) is 6.14. The lowest BCUT2D eigenvalue weighted by Gasteiger charge is -2.09. The van der Waals surface area contributed by atoms with Crippen LogP contribution in [-0.4, -0.2) is 32.7 Å². The Bertz CT molecular complexity index is 818. The third-order valence-electron chi connectivity index (χ3n) is 3.58. The number of ether oxygens (including phenoxy) is 3. The fraction of sp³-hybridized carbons (Fsp3) is 0.200. The first kappa shape index (κ1) is 20.0. The predicted octanol–water partition coefficient (Wildman–Crippen LogP) is 2.72. The zero-order valence-electron chi connectivity index (χ0n) is 15.0. The van der Waals surface area contributed by atoms with Crippen molar-refractivity contribution in [1.29, 1.82) is 0 Å². The van der Waals surface area contributed by atoms with Crippen molar-refractivity contribution in [1.82, 2.24) is 5.32 Å². The van der Waals surface area contributed by atoms with Crippen molar-refractivity contribution >= 4 is 18.0 Å². The van der Waals surface area contributed by atoms with E-state index < -0.39 is 18.5 Å². The van der Waals surface area contributed by atoms with Gasteiger partial charge in [0.1, 0.15) is 5.82 Å². The molecule has 0 spiro atoms. The maximum Gasteiger partial charge on any atom is 0.331 e. The molecule has 0 aromatic heterocycles. The van der Waals surface area contributed by atoms with Crippen molar-refractivity contribution in [2.45, 2.75) is 6.54 Å². The maximum atomic E-state index is 12.8. The van der Waals surface area contributed by atoms with E-state index in [9.17, 15) is 14.0 Å². The monoisotopic (exact) mass is 373 g/mol. The molecule has 1 amide bonds. The number of carbonyl (C=O) groups is 2. The molecule has 0 saturated heterocycles. The number of benzene rings is 2. The van der Waals surface area contributed by atoms with Crippen LogP contribution in [0.3, 0.4) is 0 Å². The van der Waals surface area contributed by atoms with Crippen molar-refractivity contribution in [3.63, 3.8) is 0 Å². The molecule has 0 fully saturated rings. The number of para-hydroxylation sites is 1. The molecule has 7 heteroatoms. The number of esters is 1. The van der Waals surface area contributed by atoms with Gasteiger partial charge in [0.25, 0.3) is 5.91 Å². The smallest absolute Gasteiger partial charge is 0.331 e. The van der Waals surface area contributed by atoms with Gasteiger partial charge in [-0.1, -0.05) is 24.3 Å². The number of carbonyl (C=O) groups excluding carboxylic acids is 2. The maximum absolute atomic E-state index is 12.8. The Balaban J connectivity index is 1.82. The van der Waals surface area contributed by atoms with E-state index in [1.807, 2.05) is 0 Å². The Morgan fingerprint density at radius 3 is 2.48 bits per heavy atom. The molecule has 1 N–H and O–H groups in total. The van der Waals surface area contributed by atoms with E-state index in [-0.39, 0.29) is 12.4 Å². The number of rotatable bonds is 8. The lowest BCUT2D eigenvalue weighted by atomic mass is 10.1. The van der Waals surface area contributed by atoms with Crippen molar-refractivity contribution < 1.29 is 28.2 Å². The lowest BCUT2D eigenvalue weighted by Crippen LogP contribution is -2.28. The largest absolute Gasteiger partial charge is 0.493 e. The van der Waals surface area contributed by atoms with Gasteiger partial charge in [-0.2, -0.15) is 0 Å². The summed E-state index contributed by atoms with van der Waals surface area (Å²) in [5, 5.41) is 2.58. The number of hydrogen-bond donors (Lipinski definition) is 1. The summed E-state index contributed by atoms with van der Waals surface area (Å²) in [5.41, 5.74) is 1.37. The van der Waals surface area contributed by atoms with Crippen LogP contribution in [0.15, 0.2) is 48.5 Å². The van der Waals surface area contributed by atoms with Crippen molar-refractivity contribution in [2.24, 2.45) is 0 Å². The number of amides is 1. The molecular weight excluding hydrogens is 353 g/mol. The molecule has 0 heterocycles. The third-order valence-corrected chi connectivity index (χ3v) is 3.58. The second-order valence-corrected chi connectivity index (χ2v) is 5.43. The van der Waals surface area contributed by atoms with E-state index in [1.165, 1.54) is 38.5 Å². The zero-order valence-corrected chi connectivity index (χ0v) is 15.0. The minimum absolute atomic E-state index is 0.216. The summed E-state index contributed by atoms with van der Waals surface area (Å²) < 4.78 is 28.2. The Morgan fingerprint density at radius 1 is 1.07 bits per heavy atom. The highest BCUT2D eigenvalue weighted by Crippen LogP contribution is 2.31. The predicted molar refractivity (Wildman–Crippen MR) is 97.8 cm³/mol. The molecule has 0 atom stereocenters. The van der Waals surface area contributed by atoms with Crippen LogP contribution in [0, 0.1) is 5.82 Å². The van der Waals surface area contributed by atoms with Gasteiger partial charge in [-0.25, -0.2) is 9.18 Å². The van der Waals surface area contributed by atoms with E-state index in [0.29, 0.717) is 17.1 Å². The average Bonchev–Trinajstić information content (AvgIpc) is 2.69. The van der Waals surface area contributed by atoms with Crippen molar-refractivity contribution in [2.75, 3.05) is 20.8 Å². The molecule has 0 aliphatic carbocycles.